The van der Waals surface area contributed by atoms with Crippen molar-refractivity contribution in [1.29, 1.82) is 0 Å². The van der Waals surface area contributed by atoms with Gasteiger partial charge in [-0.3, -0.25) is 0 Å². The van der Waals surface area contributed by atoms with Crippen molar-refractivity contribution in [2.75, 3.05) is 13.7 Å². The van der Waals surface area contributed by atoms with Crippen LogP contribution in [0.5, 0.6) is 0 Å². The minimum Gasteiger partial charge on any atom is -0.387 e. The van der Waals surface area contributed by atoms with Gasteiger partial charge >= 0.3 is 0 Å². The van der Waals surface area contributed by atoms with Gasteiger partial charge in [0, 0.05) is 13.7 Å². The first-order valence-electron chi connectivity index (χ1n) is 2.77. The summed E-state index contributed by atoms with van der Waals surface area (Å²) in [5.74, 6) is 0. The molecule has 0 unspecified atom stereocenters. The molecule has 2 nitrogen and oxygen atoms in total. The van der Waals surface area contributed by atoms with Crippen LogP contribution in [0.1, 0.15) is 19.8 Å². The topological polar surface area (TPSA) is 29.5 Å². The second-order valence-electron chi connectivity index (χ2n) is 1.83. The molecule has 0 bridgehead atoms. The van der Waals surface area contributed by atoms with Gasteiger partial charge in [-0.15, -0.1) is 0 Å². The van der Waals surface area contributed by atoms with Crippen LogP contribution >= 0.6 is 0 Å². The fourth-order valence-corrected chi connectivity index (χ4v) is 0.472. The van der Waals surface area contributed by atoms with E-state index in [4.69, 9.17) is 9.84 Å². The predicted octanol–water partition coefficient (Wildman–Crippen LogP) is 1.34. The summed E-state index contributed by atoms with van der Waals surface area (Å²) in [7, 11) is 1.66. The fourth-order valence-electron chi connectivity index (χ4n) is 0.472. The molecule has 49 valence electrons. The number of hydrogen-bond acceptors (Lipinski definition) is 2. The molecule has 0 aliphatic rings. The summed E-state index contributed by atoms with van der Waals surface area (Å²) in [6.45, 7) is 2.44. The summed E-state index contributed by atoms with van der Waals surface area (Å²) in [5, 5.41) is 8.64. The van der Waals surface area contributed by atoms with Crippen LogP contribution in [-0.4, -0.2) is 18.8 Å². The molecule has 0 heterocycles. The Labute approximate surface area is 50.5 Å². The molecule has 0 rings (SSSR count). The standard InChI is InChI=1S/C6H13O2/c1-6(7)4-3-5-8-2/h7H,3-5H2,1-2H3. The van der Waals surface area contributed by atoms with Gasteiger partial charge in [-0.1, -0.05) is 0 Å². The van der Waals surface area contributed by atoms with E-state index in [2.05, 4.69) is 0 Å². The SMILES string of the molecule is COCCC[C](C)O. The average Bonchev–Trinajstić information content (AvgIpc) is 1.66. The zero-order valence-corrected chi connectivity index (χ0v) is 5.48. The van der Waals surface area contributed by atoms with E-state index in [-0.39, 0.29) is 0 Å². The Kier molecular flexibility index (Phi) is 5.01. The third kappa shape index (κ3) is 5.92. The smallest absolute Gasteiger partial charge is 0.0903 e. The van der Waals surface area contributed by atoms with E-state index in [1.807, 2.05) is 0 Å². The lowest BCUT2D eigenvalue weighted by Gasteiger charge is -1.99. The van der Waals surface area contributed by atoms with Gasteiger partial charge in [0.15, 0.2) is 0 Å². The molecule has 8 heavy (non-hydrogen) atoms. The molecule has 0 aliphatic heterocycles. The third-order valence-corrected chi connectivity index (χ3v) is 0.887. The van der Waals surface area contributed by atoms with Crippen molar-refractivity contribution in [1.82, 2.24) is 0 Å². The zero-order chi connectivity index (χ0) is 6.41. The second-order valence-corrected chi connectivity index (χ2v) is 1.83. The van der Waals surface area contributed by atoms with Crippen LogP contribution < -0.4 is 0 Å². The molecule has 0 spiro atoms. The molecule has 0 fully saturated rings. The van der Waals surface area contributed by atoms with Crippen molar-refractivity contribution in [3.63, 3.8) is 0 Å². The van der Waals surface area contributed by atoms with Crippen LogP contribution in [0.25, 0.3) is 0 Å². The molecule has 0 aliphatic carbocycles. The molecule has 0 saturated heterocycles. The summed E-state index contributed by atoms with van der Waals surface area (Å²) in [4.78, 5) is 0. The minimum atomic E-state index is 0.488. The van der Waals surface area contributed by atoms with E-state index in [0.717, 1.165) is 19.4 Å². The van der Waals surface area contributed by atoms with Crippen LogP contribution in [0.15, 0.2) is 0 Å². The first kappa shape index (κ1) is 7.92. The largest absolute Gasteiger partial charge is 0.387 e. The lowest BCUT2D eigenvalue weighted by atomic mass is 10.2. The molecule has 1 N–H and O–H groups in total. The maximum Gasteiger partial charge on any atom is 0.0903 e. The number of methoxy groups -OCH3 is 1. The number of rotatable bonds is 4. The van der Waals surface area contributed by atoms with Gasteiger partial charge in [-0.05, 0) is 19.8 Å². The van der Waals surface area contributed by atoms with Gasteiger partial charge in [0.25, 0.3) is 0 Å². The van der Waals surface area contributed by atoms with E-state index in [0.29, 0.717) is 6.10 Å². The van der Waals surface area contributed by atoms with Gasteiger partial charge in [-0.2, -0.15) is 0 Å². The quantitative estimate of drug-likeness (QED) is 0.563. The van der Waals surface area contributed by atoms with Crippen LogP contribution in [0.3, 0.4) is 0 Å². The molecule has 0 aromatic rings. The summed E-state index contributed by atoms with van der Waals surface area (Å²) < 4.78 is 4.77. The lowest BCUT2D eigenvalue weighted by molar-refractivity contribution is 0.183. The molecular weight excluding hydrogens is 104 g/mol. The normalized spacial score (nSPS) is 10.5. The second kappa shape index (κ2) is 5.06. The summed E-state index contributed by atoms with van der Waals surface area (Å²) in [6, 6.07) is 0. The van der Waals surface area contributed by atoms with E-state index in [1.165, 1.54) is 0 Å². The first-order valence-corrected chi connectivity index (χ1v) is 2.77. The first-order chi connectivity index (χ1) is 3.77. The Morgan fingerprint density at radius 3 is 2.62 bits per heavy atom. The fraction of sp³-hybridized carbons (Fsp3) is 0.833. The Hall–Kier alpha value is -0.0800. The van der Waals surface area contributed by atoms with Crippen molar-refractivity contribution in [2.45, 2.75) is 19.8 Å². The van der Waals surface area contributed by atoms with Gasteiger partial charge in [0.1, 0.15) is 0 Å². The minimum absolute atomic E-state index is 0.488. The monoisotopic (exact) mass is 117 g/mol. The summed E-state index contributed by atoms with van der Waals surface area (Å²) in [5.41, 5.74) is 0. The molecular formula is C6H13O2. The third-order valence-electron chi connectivity index (χ3n) is 0.887. The molecule has 0 amide bonds. The Balaban J connectivity index is 2.72. The van der Waals surface area contributed by atoms with Crippen molar-refractivity contribution in [3.05, 3.63) is 6.10 Å². The maximum absolute atomic E-state index is 8.64. The predicted molar refractivity (Wildman–Crippen MR) is 32.0 cm³/mol. The summed E-state index contributed by atoms with van der Waals surface area (Å²) >= 11 is 0. The average molecular weight is 117 g/mol. The van der Waals surface area contributed by atoms with Crippen LogP contribution in [0.2, 0.25) is 0 Å². The van der Waals surface area contributed by atoms with E-state index < -0.39 is 0 Å². The molecule has 2 heteroatoms. The van der Waals surface area contributed by atoms with Crippen molar-refractivity contribution < 1.29 is 9.84 Å². The number of aliphatic hydroxyl groups excluding tert-OH is 1. The van der Waals surface area contributed by atoms with Crippen molar-refractivity contribution >= 4 is 0 Å². The van der Waals surface area contributed by atoms with Gasteiger partial charge < -0.3 is 9.84 Å². The molecule has 1 radical (unpaired) electrons. The Morgan fingerprint density at radius 1 is 1.62 bits per heavy atom. The van der Waals surface area contributed by atoms with E-state index in [9.17, 15) is 0 Å². The van der Waals surface area contributed by atoms with Crippen molar-refractivity contribution in [2.24, 2.45) is 0 Å². The number of hydrogen-bond donors (Lipinski definition) is 1. The number of aliphatic hydroxyl groups is 1. The van der Waals surface area contributed by atoms with Gasteiger partial charge in [0.2, 0.25) is 0 Å². The van der Waals surface area contributed by atoms with E-state index in [1.54, 1.807) is 14.0 Å². The Morgan fingerprint density at radius 2 is 2.25 bits per heavy atom. The Bertz CT molecular complexity index is 43.8. The molecule has 0 atom stereocenters. The van der Waals surface area contributed by atoms with Crippen LogP contribution in [0, 0.1) is 6.10 Å². The van der Waals surface area contributed by atoms with E-state index >= 15 is 0 Å². The molecule has 0 aromatic carbocycles. The zero-order valence-electron chi connectivity index (χ0n) is 5.48. The lowest BCUT2D eigenvalue weighted by Crippen LogP contribution is -1.93. The van der Waals surface area contributed by atoms with Gasteiger partial charge in [-0.25, -0.2) is 0 Å². The van der Waals surface area contributed by atoms with Crippen LogP contribution in [-0.2, 0) is 4.74 Å². The highest BCUT2D eigenvalue weighted by atomic mass is 16.5. The summed E-state index contributed by atoms with van der Waals surface area (Å²) in [6.07, 6.45) is 2.16. The maximum atomic E-state index is 8.64. The number of ether oxygens (including phenoxy) is 1. The van der Waals surface area contributed by atoms with Crippen molar-refractivity contribution in [3.8, 4) is 0 Å². The molecule has 0 aromatic heterocycles. The highest BCUT2D eigenvalue weighted by Gasteiger charge is 1.93. The van der Waals surface area contributed by atoms with Gasteiger partial charge in [0.05, 0.1) is 6.10 Å². The highest BCUT2D eigenvalue weighted by Crippen LogP contribution is 2.01. The van der Waals surface area contributed by atoms with Crippen LogP contribution in [0.4, 0.5) is 0 Å². The highest BCUT2D eigenvalue weighted by molar-refractivity contribution is 4.65. The molecule has 0 saturated carbocycles.